The molecular formula is C10H10FN3OS. The summed E-state index contributed by atoms with van der Waals surface area (Å²) in [4.78, 5) is 0. The predicted octanol–water partition coefficient (Wildman–Crippen LogP) is 2.30. The molecule has 0 bridgehead atoms. The third-order valence-corrected chi connectivity index (χ3v) is 2.58. The molecule has 1 aromatic heterocycles. The molecule has 2 rings (SSSR count). The van der Waals surface area contributed by atoms with Crippen molar-refractivity contribution in [3.8, 4) is 5.75 Å². The van der Waals surface area contributed by atoms with Gasteiger partial charge < -0.3 is 10.1 Å². The van der Waals surface area contributed by atoms with E-state index in [2.05, 4.69) is 14.9 Å². The van der Waals surface area contributed by atoms with Crippen molar-refractivity contribution in [1.29, 1.82) is 0 Å². The Balaban J connectivity index is 2.11. The summed E-state index contributed by atoms with van der Waals surface area (Å²) in [6, 6.07) is 4.32. The van der Waals surface area contributed by atoms with E-state index in [9.17, 15) is 4.39 Å². The van der Waals surface area contributed by atoms with Crippen molar-refractivity contribution in [3.63, 3.8) is 0 Å². The summed E-state index contributed by atoms with van der Waals surface area (Å²) in [5, 5.41) is 8.76. The minimum absolute atomic E-state index is 0.306. The second-order valence-electron chi connectivity index (χ2n) is 3.09. The van der Waals surface area contributed by atoms with Crippen molar-refractivity contribution in [2.75, 3.05) is 12.4 Å². The van der Waals surface area contributed by atoms with E-state index in [1.54, 1.807) is 13.2 Å². The van der Waals surface area contributed by atoms with Crippen LogP contribution in [0.3, 0.4) is 0 Å². The van der Waals surface area contributed by atoms with E-state index in [4.69, 9.17) is 4.74 Å². The fourth-order valence-electron chi connectivity index (χ4n) is 1.27. The predicted molar refractivity (Wildman–Crippen MR) is 60.2 cm³/mol. The average molecular weight is 239 g/mol. The van der Waals surface area contributed by atoms with Gasteiger partial charge in [-0.15, -0.1) is 5.10 Å². The van der Waals surface area contributed by atoms with Crippen LogP contribution in [0.15, 0.2) is 23.6 Å². The Morgan fingerprint density at radius 3 is 3.06 bits per heavy atom. The molecule has 0 amide bonds. The number of hydrogen-bond acceptors (Lipinski definition) is 5. The number of methoxy groups -OCH3 is 1. The summed E-state index contributed by atoms with van der Waals surface area (Å²) in [7, 11) is 1.54. The van der Waals surface area contributed by atoms with Crippen molar-refractivity contribution >= 4 is 17.2 Å². The molecule has 0 atom stereocenters. The van der Waals surface area contributed by atoms with Crippen LogP contribution in [0.4, 0.5) is 10.1 Å². The molecule has 0 saturated heterocycles. The van der Waals surface area contributed by atoms with Crippen LogP contribution in [0, 0.1) is 5.82 Å². The molecule has 1 aromatic carbocycles. The first-order valence-electron chi connectivity index (χ1n) is 4.63. The Morgan fingerprint density at radius 1 is 1.50 bits per heavy atom. The molecule has 16 heavy (non-hydrogen) atoms. The smallest absolute Gasteiger partial charge is 0.142 e. The van der Waals surface area contributed by atoms with Crippen LogP contribution >= 0.6 is 11.5 Å². The summed E-state index contributed by atoms with van der Waals surface area (Å²) >= 11 is 1.28. The number of anilines is 1. The van der Waals surface area contributed by atoms with Crippen LogP contribution < -0.4 is 10.1 Å². The average Bonchev–Trinajstić information content (AvgIpc) is 2.79. The number of hydrogen-bond donors (Lipinski definition) is 1. The molecule has 1 N–H and O–H groups in total. The summed E-state index contributed by atoms with van der Waals surface area (Å²) in [6.45, 7) is 0.496. The van der Waals surface area contributed by atoms with Gasteiger partial charge in [-0.3, -0.25) is 0 Å². The van der Waals surface area contributed by atoms with Crippen LogP contribution in [0.25, 0.3) is 0 Å². The van der Waals surface area contributed by atoms with Gasteiger partial charge in [0.1, 0.15) is 11.6 Å². The van der Waals surface area contributed by atoms with Gasteiger partial charge in [0.05, 0.1) is 25.0 Å². The van der Waals surface area contributed by atoms with Gasteiger partial charge in [-0.2, -0.15) is 0 Å². The highest BCUT2D eigenvalue weighted by Crippen LogP contribution is 2.25. The van der Waals surface area contributed by atoms with Crippen LogP contribution in [0.1, 0.15) is 5.69 Å². The largest absolute Gasteiger partial charge is 0.495 e. The Kier molecular flexibility index (Phi) is 3.31. The molecule has 1 heterocycles. The summed E-state index contributed by atoms with van der Waals surface area (Å²) in [6.07, 6.45) is 0. The van der Waals surface area contributed by atoms with Gasteiger partial charge in [0.15, 0.2) is 0 Å². The number of nitrogens with zero attached hydrogens (tertiary/aromatic N) is 2. The maximum absolute atomic E-state index is 13.0. The molecule has 4 nitrogen and oxygen atoms in total. The zero-order valence-corrected chi connectivity index (χ0v) is 9.42. The van der Waals surface area contributed by atoms with E-state index in [1.165, 1.54) is 23.7 Å². The van der Waals surface area contributed by atoms with E-state index >= 15 is 0 Å². The lowest BCUT2D eigenvalue weighted by molar-refractivity contribution is 0.415. The van der Waals surface area contributed by atoms with Gasteiger partial charge in [-0.1, -0.05) is 4.49 Å². The number of aromatic nitrogens is 2. The first-order chi connectivity index (χ1) is 7.79. The standard InChI is InChI=1S/C10H10FN3OS/c1-15-10-3-2-7(11)4-9(10)12-5-8-6-16-14-13-8/h2-4,6,12H,5H2,1H3. The van der Waals surface area contributed by atoms with Crippen LogP contribution in [0.5, 0.6) is 5.75 Å². The van der Waals surface area contributed by atoms with Gasteiger partial charge >= 0.3 is 0 Å². The van der Waals surface area contributed by atoms with Crippen molar-refractivity contribution < 1.29 is 9.13 Å². The molecular weight excluding hydrogens is 229 g/mol. The minimum Gasteiger partial charge on any atom is -0.495 e. The van der Waals surface area contributed by atoms with E-state index in [0.29, 0.717) is 18.0 Å². The topological polar surface area (TPSA) is 47.0 Å². The third kappa shape index (κ3) is 2.46. The van der Waals surface area contributed by atoms with E-state index < -0.39 is 0 Å². The van der Waals surface area contributed by atoms with Gasteiger partial charge in [0, 0.05) is 11.4 Å². The van der Waals surface area contributed by atoms with Gasteiger partial charge in [0.25, 0.3) is 0 Å². The fourth-order valence-corrected chi connectivity index (χ4v) is 1.72. The van der Waals surface area contributed by atoms with Crippen molar-refractivity contribution in [2.45, 2.75) is 6.54 Å². The molecule has 0 aliphatic heterocycles. The molecule has 2 aromatic rings. The molecule has 0 saturated carbocycles. The number of nitrogens with one attached hydrogen (secondary N) is 1. The first kappa shape index (κ1) is 10.8. The lowest BCUT2D eigenvalue weighted by atomic mass is 10.2. The monoisotopic (exact) mass is 239 g/mol. The Morgan fingerprint density at radius 2 is 2.38 bits per heavy atom. The zero-order chi connectivity index (χ0) is 11.4. The quantitative estimate of drug-likeness (QED) is 0.889. The zero-order valence-electron chi connectivity index (χ0n) is 8.61. The SMILES string of the molecule is COc1ccc(F)cc1NCc1csnn1. The molecule has 6 heteroatoms. The lowest BCUT2D eigenvalue weighted by Crippen LogP contribution is -2.02. The van der Waals surface area contributed by atoms with Crippen molar-refractivity contribution in [3.05, 3.63) is 35.1 Å². The van der Waals surface area contributed by atoms with Crippen LogP contribution in [-0.4, -0.2) is 16.7 Å². The Hall–Kier alpha value is -1.69. The third-order valence-electron chi connectivity index (χ3n) is 2.03. The number of benzene rings is 1. The number of ether oxygens (including phenoxy) is 1. The summed E-state index contributed by atoms with van der Waals surface area (Å²) in [5.41, 5.74) is 1.42. The van der Waals surface area contributed by atoms with Crippen molar-refractivity contribution in [1.82, 2.24) is 9.59 Å². The molecule has 84 valence electrons. The molecule has 0 radical (unpaired) electrons. The molecule has 0 aliphatic rings. The normalized spacial score (nSPS) is 10.1. The summed E-state index contributed by atoms with van der Waals surface area (Å²) in [5.74, 6) is 0.296. The second-order valence-corrected chi connectivity index (χ2v) is 3.70. The molecule has 0 spiro atoms. The first-order valence-corrected chi connectivity index (χ1v) is 5.46. The lowest BCUT2D eigenvalue weighted by Gasteiger charge is -2.09. The van der Waals surface area contributed by atoms with Gasteiger partial charge in [-0.05, 0) is 23.7 Å². The summed E-state index contributed by atoms with van der Waals surface area (Å²) < 4.78 is 21.9. The highest BCUT2D eigenvalue weighted by atomic mass is 32.1. The van der Waals surface area contributed by atoms with Gasteiger partial charge in [-0.25, -0.2) is 4.39 Å². The van der Waals surface area contributed by atoms with E-state index in [-0.39, 0.29) is 5.82 Å². The van der Waals surface area contributed by atoms with E-state index in [0.717, 1.165) is 5.69 Å². The molecule has 0 aliphatic carbocycles. The van der Waals surface area contributed by atoms with Crippen LogP contribution in [0.2, 0.25) is 0 Å². The fraction of sp³-hybridized carbons (Fsp3) is 0.200. The highest BCUT2D eigenvalue weighted by molar-refractivity contribution is 7.03. The molecule has 0 fully saturated rings. The Labute approximate surface area is 96.2 Å². The maximum atomic E-state index is 13.0. The van der Waals surface area contributed by atoms with E-state index in [1.807, 2.05) is 5.38 Å². The second kappa shape index (κ2) is 4.89. The minimum atomic E-state index is -0.306. The highest BCUT2D eigenvalue weighted by Gasteiger charge is 2.04. The van der Waals surface area contributed by atoms with Gasteiger partial charge in [0.2, 0.25) is 0 Å². The Bertz CT molecular complexity index is 461. The van der Waals surface area contributed by atoms with Crippen LogP contribution in [-0.2, 0) is 6.54 Å². The molecule has 0 unspecified atom stereocenters. The number of rotatable bonds is 4. The maximum Gasteiger partial charge on any atom is 0.142 e. The number of halogens is 1. The van der Waals surface area contributed by atoms with Crippen molar-refractivity contribution in [2.24, 2.45) is 0 Å².